The van der Waals surface area contributed by atoms with Crippen molar-refractivity contribution in [3.8, 4) is 0 Å². The molecular weight excluding hydrogens is 182 g/mol. The second kappa shape index (κ2) is 3.31. The highest BCUT2D eigenvalue weighted by Gasteiger charge is 2.07. The molecule has 4 nitrogen and oxygen atoms in total. The normalized spacial score (nSPS) is 13.3. The molecule has 0 saturated heterocycles. The van der Waals surface area contributed by atoms with Crippen LogP contribution in [-0.4, -0.2) is 10.1 Å². The van der Waals surface area contributed by atoms with Gasteiger partial charge in [-0.3, -0.25) is 4.98 Å². The fourth-order valence-electron chi connectivity index (χ4n) is 1.40. The summed E-state index contributed by atoms with van der Waals surface area (Å²) in [6.45, 7) is 1.89. The summed E-state index contributed by atoms with van der Waals surface area (Å²) in [6.07, 6.45) is 0.139. The van der Waals surface area contributed by atoms with Gasteiger partial charge in [0.05, 0.1) is 11.6 Å². The van der Waals surface area contributed by atoms with Gasteiger partial charge in [-0.25, -0.2) is 4.79 Å². The zero-order valence-corrected chi connectivity index (χ0v) is 7.78. The van der Waals surface area contributed by atoms with E-state index in [1.807, 2.05) is 6.92 Å². The summed E-state index contributed by atoms with van der Waals surface area (Å²) >= 11 is 0. The molecule has 0 aliphatic rings. The maximum Gasteiger partial charge on any atom is 0.417 e. The number of rotatable bonds is 2. The molecule has 0 bridgehead atoms. The molecule has 14 heavy (non-hydrogen) atoms. The molecule has 0 spiro atoms. The van der Waals surface area contributed by atoms with Gasteiger partial charge in [-0.15, -0.1) is 0 Å². The molecule has 0 fully saturated rings. The molecule has 1 aromatic heterocycles. The first-order valence-corrected chi connectivity index (χ1v) is 4.51. The van der Waals surface area contributed by atoms with Gasteiger partial charge in [-0.1, -0.05) is 13.0 Å². The van der Waals surface area contributed by atoms with Crippen LogP contribution in [-0.2, 0) is 0 Å². The van der Waals surface area contributed by atoms with Gasteiger partial charge in [-0.2, -0.15) is 0 Å². The Morgan fingerprint density at radius 3 is 3.07 bits per heavy atom. The van der Waals surface area contributed by atoms with Crippen molar-refractivity contribution in [1.82, 2.24) is 4.98 Å². The number of fused-ring (bicyclic) bond motifs is 1. The number of aliphatic hydroxyl groups is 1. The van der Waals surface area contributed by atoms with Crippen molar-refractivity contribution in [3.05, 3.63) is 34.3 Å². The monoisotopic (exact) mass is 193 g/mol. The average Bonchev–Trinajstić information content (AvgIpc) is 2.55. The maximum atomic E-state index is 10.9. The Labute approximate surface area is 80.2 Å². The van der Waals surface area contributed by atoms with Gasteiger partial charge in [0.15, 0.2) is 5.58 Å². The minimum absolute atomic E-state index is 0.469. The fourth-order valence-corrected chi connectivity index (χ4v) is 1.40. The van der Waals surface area contributed by atoms with Crippen molar-refractivity contribution in [2.24, 2.45) is 0 Å². The summed E-state index contributed by atoms with van der Waals surface area (Å²) in [5, 5.41) is 9.57. The minimum Gasteiger partial charge on any atom is -0.408 e. The molecule has 0 radical (unpaired) electrons. The molecule has 1 aromatic carbocycles. The van der Waals surface area contributed by atoms with Crippen LogP contribution in [0.4, 0.5) is 0 Å². The van der Waals surface area contributed by atoms with E-state index in [1.165, 1.54) is 0 Å². The molecule has 2 rings (SSSR count). The highest BCUT2D eigenvalue weighted by atomic mass is 16.4. The average molecular weight is 193 g/mol. The van der Waals surface area contributed by atoms with Crippen molar-refractivity contribution < 1.29 is 9.52 Å². The summed E-state index contributed by atoms with van der Waals surface area (Å²) in [5.41, 5.74) is 1.91. The summed E-state index contributed by atoms with van der Waals surface area (Å²) < 4.78 is 4.88. The number of aliphatic hydroxyl groups excluding tert-OH is 1. The van der Waals surface area contributed by atoms with Gasteiger partial charge in [0.25, 0.3) is 0 Å². The third-order valence-corrected chi connectivity index (χ3v) is 2.22. The molecule has 0 aliphatic heterocycles. The largest absolute Gasteiger partial charge is 0.417 e. The summed E-state index contributed by atoms with van der Waals surface area (Å²) in [6, 6.07) is 5.19. The van der Waals surface area contributed by atoms with Crippen LogP contribution in [0.5, 0.6) is 0 Å². The van der Waals surface area contributed by atoms with E-state index < -0.39 is 11.9 Å². The number of hydrogen-bond donors (Lipinski definition) is 2. The fraction of sp³-hybridized carbons (Fsp3) is 0.300. The first-order chi connectivity index (χ1) is 6.70. The SMILES string of the molecule is CC[C@H](O)c1ccc2[nH]c(=O)oc2c1. The molecule has 0 aliphatic carbocycles. The number of benzene rings is 1. The molecule has 0 saturated carbocycles. The molecule has 0 amide bonds. The van der Waals surface area contributed by atoms with Crippen LogP contribution in [0.1, 0.15) is 25.0 Å². The standard InChI is InChI=1S/C10H11NO3/c1-2-8(12)6-3-4-7-9(5-6)14-10(13)11-7/h3-5,8,12H,2H2,1H3,(H,11,13)/t8-/m0/s1. The predicted molar refractivity (Wildman–Crippen MR) is 52.1 cm³/mol. The Kier molecular flexibility index (Phi) is 2.13. The van der Waals surface area contributed by atoms with Crippen LogP contribution in [0.15, 0.2) is 27.4 Å². The van der Waals surface area contributed by atoms with Crippen molar-refractivity contribution in [3.63, 3.8) is 0 Å². The maximum absolute atomic E-state index is 10.9. The van der Waals surface area contributed by atoms with E-state index >= 15 is 0 Å². The van der Waals surface area contributed by atoms with Gasteiger partial charge in [0, 0.05) is 0 Å². The highest BCUT2D eigenvalue weighted by Crippen LogP contribution is 2.20. The summed E-state index contributed by atoms with van der Waals surface area (Å²) in [5.74, 6) is -0.469. The van der Waals surface area contributed by atoms with Gasteiger partial charge in [0.2, 0.25) is 0 Å². The summed E-state index contributed by atoms with van der Waals surface area (Å²) in [7, 11) is 0. The Morgan fingerprint density at radius 1 is 1.57 bits per heavy atom. The lowest BCUT2D eigenvalue weighted by atomic mass is 10.1. The lowest BCUT2D eigenvalue weighted by molar-refractivity contribution is 0.173. The molecule has 2 N–H and O–H groups in total. The Balaban J connectivity index is 2.55. The number of oxazole rings is 1. The second-order valence-electron chi connectivity index (χ2n) is 3.19. The first-order valence-electron chi connectivity index (χ1n) is 4.51. The molecule has 2 aromatic rings. The van der Waals surface area contributed by atoms with Crippen LogP contribution in [0.3, 0.4) is 0 Å². The number of aromatic nitrogens is 1. The number of nitrogens with one attached hydrogen (secondary N) is 1. The third kappa shape index (κ3) is 1.44. The number of aromatic amines is 1. The van der Waals surface area contributed by atoms with Crippen LogP contribution in [0.2, 0.25) is 0 Å². The van der Waals surface area contributed by atoms with Crippen LogP contribution in [0, 0.1) is 0 Å². The van der Waals surface area contributed by atoms with Gasteiger partial charge in [-0.05, 0) is 24.1 Å². The quantitative estimate of drug-likeness (QED) is 0.760. The Bertz CT molecular complexity index is 497. The minimum atomic E-state index is -0.500. The Hall–Kier alpha value is -1.55. The number of hydrogen-bond acceptors (Lipinski definition) is 3. The van der Waals surface area contributed by atoms with Crippen molar-refractivity contribution in [2.75, 3.05) is 0 Å². The topological polar surface area (TPSA) is 66.2 Å². The third-order valence-electron chi connectivity index (χ3n) is 2.22. The molecule has 4 heteroatoms. The number of H-pyrrole nitrogens is 1. The summed E-state index contributed by atoms with van der Waals surface area (Å²) in [4.78, 5) is 13.4. The first kappa shape index (κ1) is 9.02. The van der Waals surface area contributed by atoms with Crippen LogP contribution >= 0.6 is 0 Å². The van der Waals surface area contributed by atoms with E-state index in [0.29, 0.717) is 17.5 Å². The lowest BCUT2D eigenvalue weighted by Gasteiger charge is -2.06. The Morgan fingerprint density at radius 2 is 2.36 bits per heavy atom. The van der Waals surface area contributed by atoms with Crippen molar-refractivity contribution in [1.29, 1.82) is 0 Å². The van der Waals surface area contributed by atoms with E-state index in [-0.39, 0.29) is 0 Å². The van der Waals surface area contributed by atoms with Gasteiger partial charge < -0.3 is 9.52 Å². The van der Waals surface area contributed by atoms with E-state index in [4.69, 9.17) is 4.42 Å². The van der Waals surface area contributed by atoms with Crippen molar-refractivity contribution in [2.45, 2.75) is 19.4 Å². The smallest absolute Gasteiger partial charge is 0.408 e. The van der Waals surface area contributed by atoms with Gasteiger partial charge >= 0.3 is 5.76 Å². The van der Waals surface area contributed by atoms with E-state index in [0.717, 1.165) is 5.56 Å². The molecule has 0 unspecified atom stereocenters. The molecular formula is C10H11NO3. The van der Waals surface area contributed by atoms with Crippen LogP contribution < -0.4 is 5.76 Å². The van der Waals surface area contributed by atoms with Crippen molar-refractivity contribution >= 4 is 11.1 Å². The lowest BCUT2D eigenvalue weighted by Crippen LogP contribution is -1.93. The highest BCUT2D eigenvalue weighted by molar-refractivity contribution is 5.72. The van der Waals surface area contributed by atoms with E-state index in [2.05, 4.69) is 4.98 Å². The van der Waals surface area contributed by atoms with E-state index in [9.17, 15) is 9.90 Å². The van der Waals surface area contributed by atoms with E-state index in [1.54, 1.807) is 18.2 Å². The van der Waals surface area contributed by atoms with Gasteiger partial charge in [0.1, 0.15) is 0 Å². The molecule has 74 valence electrons. The molecule has 1 heterocycles. The predicted octanol–water partition coefficient (Wildman–Crippen LogP) is 1.56. The molecule has 1 atom stereocenters. The van der Waals surface area contributed by atoms with Crippen LogP contribution in [0.25, 0.3) is 11.1 Å². The zero-order chi connectivity index (χ0) is 10.1. The second-order valence-corrected chi connectivity index (χ2v) is 3.19. The zero-order valence-electron chi connectivity index (χ0n) is 7.78.